The molecule has 3 aromatic rings. The van der Waals surface area contributed by atoms with Crippen molar-refractivity contribution in [2.24, 2.45) is 0 Å². The summed E-state index contributed by atoms with van der Waals surface area (Å²) in [7, 11) is 0. The van der Waals surface area contributed by atoms with E-state index < -0.39 is 0 Å². The Kier molecular flexibility index (Phi) is 8.15. The molecular weight excluding hydrogens is 562 g/mol. The first-order valence-corrected chi connectivity index (χ1v) is 12.7. The predicted molar refractivity (Wildman–Crippen MR) is 142 cm³/mol. The molecule has 0 spiro atoms. The predicted octanol–water partition coefficient (Wildman–Crippen LogP) is 6.16. The molecule has 7 heteroatoms. The van der Waals surface area contributed by atoms with Crippen molar-refractivity contribution >= 4 is 49.1 Å². The zero-order chi connectivity index (χ0) is 23.2. The Morgan fingerprint density at radius 3 is 2.24 bits per heavy atom. The van der Waals surface area contributed by atoms with Crippen LogP contribution in [0.25, 0.3) is 0 Å². The van der Waals surface area contributed by atoms with Crippen molar-refractivity contribution in [1.82, 2.24) is 9.80 Å². The molecule has 0 aliphatic carbocycles. The van der Waals surface area contributed by atoms with Crippen molar-refractivity contribution in [3.05, 3.63) is 97.9 Å². The average molecular weight is 585 g/mol. The maximum absolute atomic E-state index is 9.29. The third kappa shape index (κ3) is 6.01. The minimum atomic E-state index is 0.314. The molecule has 4 rings (SSSR count). The molecular formula is C26H23Br2N3OS. The van der Waals surface area contributed by atoms with Gasteiger partial charge >= 0.3 is 0 Å². The van der Waals surface area contributed by atoms with Crippen molar-refractivity contribution in [2.45, 2.75) is 13.2 Å². The zero-order valence-corrected chi connectivity index (χ0v) is 22.0. The van der Waals surface area contributed by atoms with Crippen molar-refractivity contribution in [2.75, 3.05) is 26.2 Å². The van der Waals surface area contributed by atoms with E-state index in [2.05, 4.69) is 78.1 Å². The van der Waals surface area contributed by atoms with Crippen LogP contribution in [0, 0.1) is 11.3 Å². The Labute approximate surface area is 217 Å². The van der Waals surface area contributed by atoms with Crippen LogP contribution in [0.1, 0.15) is 22.3 Å². The van der Waals surface area contributed by atoms with Gasteiger partial charge in [0.25, 0.3) is 0 Å². The summed E-state index contributed by atoms with van der Waals surface area (Å²) >= 11 is 13.1. The van der Waals surface area contributed by atoms with Crippen LogP contribution in [-0.2, 0) is 13.2 Å². The lowest BCUT2D eigenvalue weighted by atomic mass is 10.1. The molecule has 4 nitrogen and oxygen atoms in total. The number of benzene rings is 3. The fourth-order valence-corrected chi connectivity index (χ4v) is 5.58. The molecule has 0 N–H and O–H groups in total. The Hall–Kier alpha value is -2.24. The van der Waals surface area contributed by atoms with Crippen LogP contribution in [0.5, 0.6) is 5.75 Å². The van der Waals surface area contributed by atoms with Gasteiger partial charge in [0.15, 0.2) is 0 Å². The number of hydrogen-bond donors (Lipinski definition) is 0. The number of nitriles is 1. The van der Waals surface area contributed by atoms with E-state index in [0.717, 1.165) is 57.8 Å². The summed E-state index contributed by atoms with van der Waals surface area (Å²) in [6.45, 7) is 5.07. The number of ether oxygens (including phenoxy) is 1. The second kappa shape index (κ2) is 11.3. The topological polar surface area (TPSA) is 39.5 Å². The van der Waals surface area contributed by atoms with Gasteiger partial charge in [0.1, 0.15) is 17.3 Å². The molecule has 1 heterocycles. The number of thiocarbonyl (C=S) groups is 1. The minimum absolute atomic E-state index is 0.314. The first-order valence-electron chi connectivity index (χ1n) is 10.7. The maximum Gasteiger partial charge on any atom is 0.148 e. The largest absolute Gasteiger partial charge is 0.486 e. The van der Waals surface area contributed by atoms with Crippen LogP contribution in [0.15, 0.2) is 75.7 Å². The van der Waals surface area contributed by atoms with Gasteiger partial charge < -0.3 is 9.64 Å². The quantitative estimate of drug-likeness (QED) is 0.325. The summed E-state index contributed by atoms with van der Waals surface area (Å²) in [5, 5.41) is 9.29. The highest BCUT2D eigenvalue weighted by molar-refractivity contribution is 9.11. The Balaban J connectivity index is 1.38. The third-order valence-electron chi connectivity index (χ3n) is 5.66. The second-order valence-electron chi connectivity index (χ2n) is 7.88. The number of piperazine rings is 1. The van der Waals surface area contributed by atoms with E-state index in [1.165, 1.54) is 5.56 Å². The maximum atomic E-state index is 9.29. The van der Waals surface area contributed by atoms with Gasteiger partial charge in [0, 0.05) is 43.9 Å². The first-order chi connectivity index (χ1) is 16.0. The lowest BCUT2D eigenvalue weighted by molar-refractivity contribution is 0.177. The van der Waals surface area contributed by atoms with Crippen LogP contribution >= 0.6 is 44.1 Å². The van der Waals surface area contributed by atoms with Crippen molar-refractivity contribution in [3.63, 3.8) is 0 Å². The average Bonchev–Trinajstić information content (AvgIpc) is 2.84. The van der Waals surface area contributed by atoms with Crippen molar-refractivity contribution in [1.29, 1.82) is 5.26 Å². The molecule has 0 saturated carbocycles. The van der Waals surface area contributed by atoms with Crippen LogP contribution in [-0.4, -0.2) is 41.0 Å². The normalized spacial score (nSPS) is 14.0. The van der Waals surface area contributed by atoms with E-state index in [1.54, 1.807) is 6.07 Å². The molecule has 1 saturated heterocycles. The highest BCUT2D eigenvalue weighted by Crippen LogP contribution is 2.36. The molecule has 0 amide bonds. The molecule has 1 aliphatic rings. The van der Waals surface area contributed by atoms with Crippen molar-refractivity contribution in [3.8, 4) is 11.8 Å². The Morgan fingerprint density at radius 2 is 1.58 bits per heavy atom. The van der Waals surface area contributed by atoms with E-state index in [4.69, 9.17) is 17.0 Å². The summed E-state index contributed by atoms with van der Waals surface area (Å²) in [6, 6.07) is 24.3. The van der Waals surface area contributed by atoms with Gasteiger partial charge in [0.05, 0.1) is 20.6 Å². The van der Waals surface area contributed by atoms with Gasteiger partial charge in [-0.15, -0.1) is 0 Å². The summed E-state index contributed by atoms with van der Waals surface area (Å²) in [5.74, 6) is 0.696. The fourth-order valence-electron chi connectivity index (χ4n) is 3.86. The Morgan fingerprint density at radius 1 is 0.939 bits per heavy atom. The molecule has 168 valence electrons. The van der Waals surface area contributed by atoms with E-state index in [1.807, 2.05) is 30.3 Å². The summed E-state index contributed by atoms with van der Waals surface area (Å²) in [6.07, 6.45) is 0. The molecule has 0 aromatic heterocycles. The molecule has 0 bridgehead atoms. The second-order valence-corrected chi connectivity index (χ2v) is 9.98. The van der Waals surface area contributed by atoms with Crippen LogP contribution in [0.4, 0.5) is 0 Å². The van der Waals surface area contributed by atoms with Crippen LogP contribution in [0.3, 0.4) is 0 Å². The standard InChI is InChI=1S/C26H23Br2N3OS/c27-23-14-22(15-24(28)25(23)32-18-21-9-5-4-8-20(21)16-29)26(33)31-12-10-30(11-13-31)17-19-6-2-1-3-7-19/h1-9,14-15H,10-13,17-18H2. The lowest BCUT2D eigenvalue weighted by Gasteiger charge is -2.36. The SMILES string of the molecule is N#Cc1ccccc1COc1c(Br)cc(C(=S)N2CCN(Cc3ccccc3)CC2)cc1Br. The summed E-state index contributed by atoms with van der Waals surface area (Å²) in [4.78, 5) is 5.59. The monoisotopic (exact) mass is 583 g/mol. The van der Waals surface area contributed by atoms with E-state index >= 15 is 0 Å². The number of hydrogen-bond acceptors (Lipinski definition) is 4. The van der Waals surface area contributed by atoms with Crippen LogP contribution in [0.2, 0.25) is 0 Å². The first kappa shape index (κ1) is 23.9. The molecule has 3 aromatic carbocycles. The highest BCUT2D eigenvalue weighted by Gasteiger charge is 2.21. The van der Waals surface area contributed by atoms with Gasteiger partial charge in [-0.05, 0) is 55.6 Å². The molecule has 0 radical (unpaired) electrons. The molecule has 0 atom stereocenters. The van der Waals surface area contributed by atoms with E-state index in [9.17, 15) is 5.26 Å². The van der Waals surface area contributed by atoms with Crippen molar-refractivity contribution < 1.29 is 4.74 Å². The highest BCUT2D eigenvalue weighted by atomic mass is 79.9. The van der Waals surface area contributed by atoms with E-state index in [-0.39, 0.29) is 0 Å². The zero-order valence-electron chi connectivity index (χ0n) is 18.0. The lowest BCUT2D eigenvalue weighted by Crippen LogP contribution is -2.48. The number of nitrogens with zero attached hydrogens (tertiary/aromatic N) is 3. The van der Waals surface area contributed by atoms with Gasteiger partial charge in [-0.2, -0.15) is 5.26 Å². The van der Waals surface area contributed by atoms with Crippen LogP contribution < -0.4 is 4.74 Å². The van der Waals surface area contributed by atoms with Gasteiger partial charge in [-0.1, -0.05) is 60.7 Å². The molecule has 33 heavy (non-hydrogen) atoms. The van der Waals surface area contributed by atoms with Gasteiger partial charge in [-0.3, -0.25) is 4.90 Å². The number of halogens is 2. The summed E-state index contributed by atoms with van der Waals surface area (Å²) in [5.41, 5.74) is 3.79. The number of rotatable bonds is 6. The fraction of sp³-hybridized carbons (Fsp3) is 0.231. The molecule has 1 fully saturated rings. The third-order valence-corrected chi connectivity index (χ3v) is 7.34. The van der Waals surface area contributed by atoms with Gasteiger partial charge in [-0.25, -0.2) is 0 Å². The Bertz CT molecular complexity index is 1150. The minimum Gasteiger partial charge on any atom is -0.486 e. The smallest absolute Gasteiger partial charge is 0.148 e. The summed E-state index contributed by atoms with van der Waals surface area (Å²) < 4.78 is 7.69. The molecule has 1 aliphatic heterocycles. The van der Waals surface area contributed by atoms with Gasteiger partial charge in [0.2, 0.25) is 0 Å². The van der Waals surface area contributed by atoms with E-state index in [0.29, 0.717) is 17.9 Å². The molecule has 0 unspecified atom stereocenters.